The smallest absolute Gasteiger partial charge is 0.262 e. The summed E-state index contributed by atoms with van der Waals surface area (Å²) in [7, 11) is -3.69. The van der Waals surface area contributed by atoms with Gasteiger partial charge in [0, 0.05) is 29.8 Å². The molecule has 0 aliphatic heterocycles. The van der Waals surface area contributed by atoms with Crippen LogP contribution in [0.4, 0.5) is 17.2 Å². The van der Waals surface area contributed by atoms with Crippen LogP contribution in [-0.4, -0.2) is 27.9 Å². The van der Waals surface area contributed by atoms with Gasteiger partial charge in [-0.3, -0.25) is 9.29 Å². The maximum Gasteiger partial charge on any atom is 0.262 e. The molecule has 0 amide bonds. The Labute approximate surface area is 181 Å². The SMILES string of the molecule is Cc1cc(C)c(S(=O)(=O)Nc2ccc(Nc3cc(-n4ccnc4)ncn3)cc2)cc1C. The fraction of sp³-hybridized carbons (Fsp3) is 0.136. The summed E-state index contributed by atoms with van der Waals surface area (Å²) in [6.07, 6.45) is 6.59. The first-order valence-corrected chi connectivity index (χ1v) is 11.1. The Morgan fingerprint density at radius 1 is 0.871 bits per heavy atom. The molecule has 4 aromatic rings. The molecule has 2 heterocycles. The number of nitrogens with zero attached hydrogens (tertiary/aromatic N) is 4. The zero-order chi connectivity index (χ0) is 22.0. The highest BCUT2D eigenvalue weighted by molar-refractivity contribution is 7.92. The minimum absolute atomic E-state index is 0.283. The molecule has 9 heteroatoms. The van der Waals surface area contributed by atoms with Gasteiger partial charge in [0.2, 0.25) is 0 Å². The first kappa shape index (κ1) is 20.5. The number of aryl methyl sites for hydroxylation is 3. The van der Waals surface area contributed by atoms with E-state index in [-0.39, 0.29) is 4.90 Å². The van der Waals surface area contributed by atoms with E-state index >= 15 is 0 Å². The molecular weight excluding hydrogens is 412 g/mol. The minimum Gasteiger partial charge on any atom is -0.340 e. The van der Waals surface area contributed by atoms with E-state index in [0.717, 1.165) is 16.8 Å². The minimum atomic E-state index is -3.69. The maximum absolute atomic E-state index is 12.9. The first-order chi connectivity index (χ1) is 14.8. The molecule has 0 fully saturated rings. The highest BCUT2D eigenvalue weighted by Crippen LogP contribution is 2.24. The number of nitrogens with one attached hydrogen (secondary N) is 2. The zero-order valence-corrected chi connectivity index (χ0v) is 18.2. The molecule has 2 N–H and O–H groups in total. The van der Waals surface area contributed by atoms with Gasteiger partial charge >= 0.3 is 0 Å². The molecule has 0 saturated heterocycles. The van der Waals surface area contributed by atoms with E-state index in [1.165, 1.54) is 6.33 Å². The van der Waals surface area contributed by atoms with Gasteiger partial charge < -0.3 is 5.32 Å². The molecule has 2 aromatic carbocycles. The summed E-state index contributed by atoms with van der Waals surface area (Å²) in [4.78, 5) is 12.7. The Morgan fingerprint density at radius 2 is 1.58 bits per heavy atom. The van der Waals surface area contributed by atoms with Crippen LogP contribution < -0.4 is 10.0 Å². The number of sulfonamides is 1. The molecule has 0 saturated carbocycles. The lowest BCUT2D eigenvalue weighted by Crippen LogP contribution is -2.14. The van der Waals surface area contributed by atoms with Crippen LogP contribution in [0.1, 0.15) is 16.7 Å². The van der Waals surface area contributed by atoms with Gasteiger partial charge in [0.05, 0.1) is 4.90 Å². The fourth-order valence-electron chi connectivity index (χ4n) is 3.15. The van der Waals surface area contributed by atoms with E-state index in [0.29, 0.717) is 22.9 Å². The molecule has 8 nitrogen and oxygen atoms in total. The van der Waals surface area contributed by atoms with Crippen LogP contribution in [0.5, 0.6) is 0 Å². The van der Waals surface area contributed by atoms with Crippen LogP contribution in [0.3, 0.4) is 0 Å². The van der Waals surface area contributed by atoms with Crippen molar-refractivity contribution in [1.82, 2.24) is 19.5 Å². The van der Waals surface area contributed by atoms with Crippen molar-refractivity contribution in [1.29, 1.82) is 0 Å². The van der Waals surface area contributed by atoms with Crippen molar-refractivity contribution < 1.29 is 8.42 Å². The van der Waals surface area contributed by atoms with Crippen LogP contribution in [-0.2, 0) is 10.0 Å². The highest BCUT2D eigenvalue weighted by Gasteiger charge is 2.18. The van der Waals surface area contributed by atoms with Gasteiger partial charge in [-0.1, -0.05) is 6.07 Å². The Balaban J connectivity index is 1.50. The average molecular weight is 435 g/mol. The summed E-state index contributed by atoms with van der Waals surface area (Å²) in [5.41, 5.74) is 3.95. The van der Waals surface area contributed by atoms with Crippen LogP contribution in [0.25, 0.3) is 5.82 Å². The molecule has 0 radical (unpaired) electrons. The average Bonchev–Trinajstić information content (AvgIpc) is 3.27. The second kappa shape index (κ2) is 8.19. The van der Waals surface area contributed by atoms with Crippen molar-refractivity contribution in [2.45, 2.75) is 25.7 Å². The highest BCUT2D eigenvalue weighted by atomic mass is 32.2. The molecule has 4 rings (SSSR count). The van der Waals surface area contributed by atoms with Gasteiger partial charge in [-0.15, -0.1) is 0 Å². The second-order valence-electron chi connectivity index (χ2n) is 7.24. The summed E-state index contributed by atoms with van der Waals surface area (Å²) in [6.45, 7) is 5.67. The van der Waals surface area contributed by atoms with E-state index in [2.05, 4.69) is 25.0 Å². The van der Waals surface area contributed by atoms with Crippen molar-refractivity contribution >= 4 is 27.2 Å². The lowest BCUT2D eigenvalue weighted by molar-refractivity contribution is 0.600. The number of anilines is 3. The largest absolute Gasteiger partial charge is 0.340 e. The molecule has 0 spiro atoms. The quantitative estimate of drug-likeness (QED) is 0.473. The number of rotatable bonds is 6. The van der Waals surface area contributed by atoms with Gasteiger partial charge in [0.25, 0.3) is 10.0 Å². The Bertz CT molecular complexity index is 1320. The van der Waals surface area contributed by atoms with Crippen molar-refractivity contribution in [3.63, 3.8) is 0 Å². The lowest BCUT2D eigenvalue weighted by atomic mass is 10.1. The summed E-state index contributed by atoms with van der Waals surface area (Å²) in [5.74, 6) is 1.29. The van der Waals surface area contributed by atoms with Crippen molar-refractivity contribution in [2.75, 3.05) is 10.0 Å². The van der Waals surface area contributed by atoms with Crippen molar-refractivity contribution in [3.8, 4) is 5.82 Å². The van der Waals surface area contributed by atoms with Gasteiger partial charge in [-0.25, -0.2) is 23.4 Å². The fourth-order valence-corrected chi connectivity index (χ4v) is 4.53. The summed E-state index contributed by atoms with van der Waals surface area (Å²) < 4.78 is 30.1. The lowest BCUT2D eigenvalue weighted by Gasteiger charge is -2.13. The number of imidazole rings is 1. The molecule has 0 unspecified atom stereocenters. The number of benzene rings is 2. The van der Waals surface area contributed by atoms with Crippen LogP contribution in [0, 0.1) is 20.8 Å². The predicted octanol–water partition coefficient (Wildman–Crippen LogP) is 4.13. The molecular formula is C22H22N6O2S. The van der Waals surface area contributed by atoms with Crippen molar-refractivity contribution in [2.24, 2.45) is 0 Å². The molecule has 0 aliphatic carbocycles. The predicted molar refractivity (Wildman–Crippen MR) is 120 cm³/mol. The zero-order valence-electron chi connectivity index (χ0n) is 17.4. The van der Waals surface area contributed by atoms with E-state index in [1.807, 2.05) is 19.9 Å². The van der Waals surface area contributed by atoms with E-state index in [1.54, 1.807) is 66.6 Å². The van der Waals surface area contributed by atoms with Crippen molar-refractivity contribution in [3.05, 3.63) is 84.2 Å². The van der Waals surface area contributed by atoms with E-state index in [9.17, 15) is 8.42 Å². The molecule has 0 aliphatic rings. The Morgan fingerprint density at radius 3 is 2.29 bits per heavy atom. The number of hydrogen-bond donors (Lipinski definition) is 2. The third kappa shape index (κ3) is 4.56. The monoisotopic (exact) mass is 434 g/mol. The third-order valence-corrected chi connectivity index (χ3v) is 6.44. The Kier molecular flexibility index (Phi) is 5.43. The molecule has 0 atom stereocenters. The molecule has 0 bridgehead atoms. The van der Waals surface area contributed by atoms with Gasteiger partial charge in [0.1, 0.15) is 24.3 Å². The van der Waals surface area contributed by atoms with Gasteiger partial charge in [0.15, 0.2) is 0 Å². The molecule has 2 aromatic heterocycles. The van der Waals surface area contributed by atoms with Gasteiger partial charge in [-0.2, -0.15) is 0 Å². The topological polar surface area (TPSA) is 102 Å². The number of aromatic nitrogens is 4. The van der Waals surface area contributed by atoms with Crippen LogP contribution in [0.2, 0.25) is 0 Å². The maximum atomic E-state index is 12.9. The van der Waals surface area contributed by atoms with Crippen LogP contribution in [0.15, 0.2) is 72.4 Å². The summed E-state index contributed by atoms with van der Waals surface area (Å²) in [5, 5.41) is 3.19. The summed E-state index contributed by atoms with van der Waals surface area (Å²) in [6, 6.07) is 12.4. The van der Waals surface area contributed by atoms with E-state index in [4.69, 9.17) is 0 Å². The summed E-state index contributed by atoms with van der Waals surface area (Å²) >= 11 is 0. The number of hydrogen-bond acceptors (Lipinski definition) is 6. The second-order valence-corrected chi connectivity index (χ2v) is 8.89. The normalized spacial score (nSPS) is 11.3. The van der Waals surface area contributed by atoms with E-state index < -0.39 is 10.0 Å². The standard InChI is InChI=1S/C22H22N6O2S/c1-15-10-17(3)20(11-16(15)2)31(29,30)27-19-6-4-18(5-7-19)26-21-12-22(25-13-24-21)28-9-8-23-14-28/h4-14,27H,1-3H3,(H,24,25,26). The molecule has 158 valence electrons. The molecule has 31 heavy (non-hydrogen) atoms. The first-order valence-electron chi connectivity index (χ1n) is 9.60. The third-order valence-electron chi connectivity index (χ3n) is 4.91. The van der Waals surface area contributed by atoms with Gasteiger partial charge in [-0.05, 0) is 67.8 Å². The van der Waals surface area contributed by atoms with Crippen LogP contribution >= 0.6 is 0 Å². The Hall–Kier alpha value is -3.72.